The van der Waals surface area contributed by atoms with E-state index >= 15 is 0 Å². The number of carbonyl (C=O) groups excluding carboxylic acids is 1. The van der Waals surface area contributed by atoms with Gasteiger partial charge >= 0.3 is 0 Å². The Morgan fingerprint density at radius 3 is 2.47 bits per heavy atom. The lowest BCUT2D eigenvalue weighted by molar-refractivity contribution is -0.148. The number of hydrogen-bond donors (Lipinski definition) is 0. The lowest BCUT2D eigenvalue weighted by Gasteiger charge is -2.46. The first-order chi connectivity index (χ1) is 14.6. The van der Waals surface area contributed by atoms with Crippen molar-refractivity contribution in [3.63, 3.8) is 0 Å². The molecule has 3 aromatic rings. The number of para-hydroxylation sites is 2. The molecule has 0 unspecified atom stereocenters. The molecule has 30 heavy (non-hydrogen) atoms. The fourth-order valence-corrected chi connectivity index (χ4v) is 5.02. The summed E-state index contributed by atoms with van der Waals surface area (Å²) >= 11 is 0. The zero-order valence-electron chi connectivity index (χ0n) is 17.6. The highest BCUT2D eigenvalue weighted by Crippen LogP contribution is 2.42. The minimum Gasteiger partial charge on any atom is -0.355 e. The van der Waals surface area contributed by atoms with Crippen molar-refractivity contribution in [3.8, 4) is 0 Å². The van der Waals surface area contributed by atoms with Crippen molar-refractivity contribution in [3.05, 3.63) is 60.3 Å². The largest absolute Gasteiger partial charge is 0.355 e. The molecule has 5 nitrogen and oxygen atoms in total. The number of likely N-dealkylation sites (tertiary alicyclic amines) is 1. The molecule has 2 aliphatic rings. The van der Waals surface area contributed by atoms with Crippen molar-refractivity contribution in [2.45, 2.75) is 32.2 Å². The fourth-order valence-electron chi connectivity index (χ4n) is 5.02. The van der Waals surface area contributed by atoms with Crippen LogP contribution in [0, 0.1) is 5.41 Å². The Morgan fingerprint density at radius 2 is 1.67 bits per heavy atom. The highest BCUT2D eigenvalue weighted by molar-refractivity contribution is 6.33. The molecule has 3 heterocycles. The predicted molar refractivity (Wildman–Crippen MR) is 123 cm³/mol. The third kappa shape index (κ3) is 3.44. The smallest absolute Gasteiger partial charge is 0.229 e. The van der Waals surface area contributed by atoms with Gasteiger partial charge in [-0.25, -0.2) is 4.98 Å². The maximum atomic E-state index is 13.5. The molecule has 0 aliphatic carbocycles. The second-order valence-electron chi connectivity index (χ2n) is 8.74. The quantitative estimate of drug-likeness (QED) is 0.636. The van der Waals surface area contributed by atoms with Crippen LogP contribution >= 0.6 is 0 Å². The average molecular weight is 398 g/mol. The summed E-state index contributed by atoms with van der Waals surface area (Å²) in [6.45, 7) is 3.32. The van der Waals surface area contributed by atoms with Gasteiger partial charge in [0.1, 0.15) is 13.7 Å². The van der Waals surface area contributed by atoms with Crippen LogP contribution in [0.25, 0.3) is 11.0 Å². The highest BCUT2D eigenvalue weighted by Gasteiger charge is 2.45. The van der Waals surface area contributed by atoms with Crippen molar-refractivity contribution in [1.82, 2.24) is 14.9 Å². The second-order valence-corrected chi connectivity index (χ2v) is 8.74. The van der Waals surface area contributed by atoms with E-state index in [4.69, 9.17) is 4.98 Å². The van der Waals surface area contributed by atoms with E-state index in [0.29, 0.717) is 5.91 Å². The number of fused-ring (bicyclic) bond motifs is 1. The molecule has 0 radical (unpaired) electrons. The monoisotopic (exact) mass is 398 g/mol. The number of anilines is 1. The number of rotatable bonds is 3. The van der Waals surface area contributed by atoms with Crippen LogP contribution < -0.4 is 10.4 Å². The Bertz CT molecular complexity index is 1080. The van der Waals surface area contributed by atoms with Gasteiger partial charge in [0.25, 0.3) is 0 Å². The Balaban J connectivity index is 1.30. The van der Waals surface area contributed by atoms with Gasteiger partial charge in [-0.3, -0.25) is 9.78 Å². The van der Waals surface area contributed by atoms with Crippen molar-refractivity contribution >= 4 is 36.1 Å². The van der Waals surface area contributed by atoms with E-state index in [0.717, 1.165) is 68.7 Å². The van der Waals surface area contributed by atoms with E-state index in [1.807, 2.05) is 30.5 Å². The molecule has 2 aliphatic heterocycles. The van der Waals surface area contributed by atoms with Gasteiger partial charge in [-0.05, 0) is 43.4 Å². The normalized spacial score (nSPS) is 18.9. The van der Waals surface area contributed by atoms with E-state index in [-0.39, 0.29) is 5.41 Å². The van der Waals surface area contributed by atoms with Crippen molar-refractivity contribution in [1.29, 1.82) is 0 Å². The number of benzene rings is 2. The summed E-state index contributed by atoms with van der Waals surface area (Å²) in [5.74, 6) is 1.27. The van der Waals surface area contributed by atoms with Crippen LogP contribution in [-0.4, -0.2) is 48.3 Å². The molecule has 0 atom stereocenters. The van der Waals surface area contributed by atoms with Gasteiger partial charge in [-0.15, -0.1) is 0 Å². The molecule has 0 N–H and O–H groups in total. The summed E-state index contributed by atoms with van der Waals surface area (Å²) in [6, 6.07) is 16.4. The van der Waals surface area contributed by atoms with Crippen LogP contribution in [-0.2, 0) is 11.3 Å². The number of carbonyl (C=O) groups is 1. The summed E-state index contributed by atoms with van der Waals surface area (Å²) in [6.07, 6.45) is 5.75. The molecule has 2 saturated heterocycles. The van der Waals surface area contributed by atoms with Gasteiger partial charge in [-0.2, -0.15) is 0 Å². The SMILES string of the molecule is Bc1ccccc1CN1CCCC2(CCN(c3cnc4ccccc4n3)CC2)C1=O. The van der Waals surface area contributed by atoms with Crippen molar-refractivity contribution in [2.75, 3.05) is 24.5 Å². The van der Waals surface area contributed by atoms with Gasteiger partial charge in [0.15, 0.2) is 0 Å². The maximum absolute atomic E-state index is 13.5. The van der Waals surface area contributed by atoms with E-state index in [1.165, 1.54) is 11.0 Å². The number of hydrogen-bond acceptors (Lipinski definition) is 4. The van der Waals surface area contributed by atoms with Crippen LogP contribution in [0.1, 0.15) is 31.2 Å². The van der Waals surface area contributed by atoms with E-state index in [1.54, 1.807) is 0 Å². The molecule has 152 valence electrons. The van der Waals surface area contributed by atoms with Gasteiger partial charge in [0.2, 0.25) is 5.91 Å². The van der Waals surface area contributed by atoms with Crippen LogP contribution in [0.4, 0.5) is 5.82 Å². The molecule has 5 rings (SSSR count). The summed E-state index contributed by atoms with van der Waals surface area (Å²) in [7, 11) is 2.13. The third-order valence-corrected chi connectivity index (χ3v) is 6.93. The summed E-state index contributed by atoms with van der Waals surface area (Å²) in [5, 5.41) is 0. The molecule has 0 saturated carbocycles. The van der Waals surface area contributed by atoms with Gasteiger partial charge < -0.3 is 9.80 Å². The molecular weight excluding hydrogens is 371 g/mol. The average Bonchev–Trinajstić information content (AvgIpc) is 2.79. The van der Waals surface area contributed by atoms with Crippen molar-refractivity contribution in [2.24, 2.45) is 5.41 Å². The molecule has 2 fully saturated rings. The van der Waals surface area contributed by atoms with Crippen molar-refractivity contribution < 1.29 is 4.79 Å². The fraction of sp³-hybridized carbons (Fsp3) is 0.375. The minimum absolute atomic E-state index is 0.207. The Hall–Kier alpha value is -2.89. The molecule has 1 spiro atoms. The van der Waals surface area contributed by atoms with Crippen LogP contribution in [0.3, 0.4) is 0 Å². The Labute approximate surface area is 178 Å². The third-order valence-electron chi connectivity index (χ3n) is 6.93. The first kappa shape index (κ1) is 19.1. The Morgan fingerprint density at radius 1 is 0.933 bits per heavy atom. The number of nitrogens with zero attached hydrogens (tertiary/aromatic N) is 4. The first-order valence-electron chi connectivity index (χ1n) is 11.0. The topological polar surface area (TPSA) is 49.3 Å². The molecule has 2 aromatic carbocycles. The zero-order valence-corrected chi connectivity index (χ0v) is 17.6. The zero-order chi connectivity index (χ0) is 20.6. The number of aromatic nitrogens is 2. The van der Waals surface area contributed by atoms with E-state index < -0.39 is 0 Å². The first-order valence-corrected chi connectivity index (χ1v) is 11.0. The molecule has 0 bridgehead atoms. The van der Waals surface area contributed by atoms with Gasteiger partial charge in [-0.1, -0.05) is 41.9 Å². The minimum atomic E-state index is -0.207. The van der Waals surface area contributed by atoms with Gasteiger partial charge in [0.05, 0.1) is 22.6 Å². The molecular formula is C24H27BN4O. The lowest BCUT2D eigenvalue weighted by Crippen LogP contribution is -2.53. The summed E-state index contributed by atoms with van der Waals surface area (Å²) in [5.41, 5.74) is 4.15. The van der Waals surface area contributed by atoms with E-state index in [2.05, 4.69) is 46.9 Å². The Kier molecular flexibility index (Phi) is 4.93. The standard InChI is InChI=1S/C24H27BN4O/c25-19-7-2-1-6-18(19)17-29-13-5-10-24(23(29)30)11-14-28(15-12-24)22-16-26-20-8-3-4-9-21(20)27-22/h1-4,6-9,16H,5,10-15,17,25H2. The summed E-state index contributed by atoms with van der Waals surface area (Å²) in [4.78, 5) is 27.3. The predicted octanol–water partition coefficient (Wildman–Crippen LogP) is 2.30. The van der Waals surface area contributed by atoms with E-state index in [9.17, 15) is 4.79 Å². The highest BCUT2D eigenvalue weighted by atomic mass is 16.2. The number of amides is 1. The number of piperidine rings is 2. The molecule has 1 aromatic heterocycles. The second kappa shape index (κ2) is 7.75. The van der Waals surface area contributed by atoms with Crippen LogP contribution in [0.5, 0.6) is 0 Å². The summed E-state index contributed by atoms with van der Waals surface area (Å²) < 4.78 is 0. The van der Waals surface area contributed by atoms with Crippen LogP contribution in [0.2, 0.25) is 0 Å². The van der Waals surface area contributed by atoms with Gasteiger partial charge in [0, 0.05) is 26.2 Å². The lowest BCUT2D eigenvalue weighted by atomic mass is 9.71. The molecule has 1 amide bonds. The molecule has 6 heteroatoms. The maximum Gasteiger partial charge on any atom is 0.229 e. The van der Waals surface area contributed by atoms with Crippen LogP contribution in [0.15, 0.2) is 54.7 Å².